The highest BCUT2D eigenvalue weighted by Gasteiger charge is 2.23. The van der Waals surface area contributed by atoms with Crippen LogP contribution in [-0.4, -0.2) is 54.3 Å². The van der Waals surface area contributed by atoms with Crippen LogP contribution in [-0.2, 0) is 27.9 Å². The Kier molecular flexibility index (Phi) is 18.1. The first-order valence-corrected chi connectivity index (χ1v) is 12.5. The van der Waals surface area contributed by atoms with Gasteiger partial charge in [-0.2, -0.15) is 0 Å². The normalized spacial score (nSPS) is 14.1. The molecule has 0 aliphatic rings. The summed E-state index contributed by atoms with van der Waals surface area (Å²) in [5.41, 5.74) is 0. The van der Waals surface area contributed by atoms with Gasteiger partial charge in [-0.05, 0) is 12.8 Å². The van der Waals surface area contributed by atoms with Crippen LogP contribution >= 0.6 is 7.82 Å². The minimum Gasteiger partial charge on any atom is -0.463 e. The zero-order chi connectivity index (χ0) is 22.7. The highest BCUT2D eigenvalue weighted by atomic mass is 31.2. The Hall–Kier alpha value is -0.990. The number of amides is 1. The molecule has 0 heterocycles. The van der Waals surface area contributed by atoms with E-state index >= 15 is 0 Å². The molecule has 2 atom stereocenters. The Morgan fingerprint density at radius 2 is 1.50 bits per heavy atom. The van der Waals surface area contributed by atoms with Crippen molar-refractivity contribution >= 4 is 19.7 Å². The molecule has 0 bridgehead atoms. The number of nitrogens with one attached hydrogen (secondary N) is 1. The largest absolute Gasteiger partial charge is 0.472 e. The summed E-state index contributed by atoms with van der Waals surface area (Å²) in [7, 11) is -4.36. The average Bonchev–Trinajstić information content (AvgIpc) is 2.71. The molecule has 0 rings (SSSR count). The van der Waals surface area contributed by atoms with E-state index in [0.717, 1.165) is 57.8 Å². The predicted octanol–water partition coefficient (Wildman–Crippen LogP) is 3.47. The molecule has 0 spiro atoms. The van der Waals surface area contributed by atoms with Crippen molar-refractivity contribution in [2.75, 3.05) is 26.4 Å². The smallest absolute Gasteiger partial charge is 0.463 e. The maximum atomic E-state index is 11.8. The Morgan fingerprint density at radius 3 is 2.17 bits per heavy atom. The first kappa shape index (κ1) is 29.0. The molecular formula is C20H40NO8P. The summed E-state index contributed by atoms with van der Waals surface area (Å²) in [6.07, 6.45) is 8.51. The second-order valence-electron chi connectivity index (χ2n) is 7.26. The number of phosphoric acid groups is 1. The number of aliphatic hydroxyl groups is 1. The average molecular weight is 454 g/mol. The summed E-state index contributed by atoms with van der Waals surface area (Å²) in [4.78, 5) is 32.7. The van der Waals surface area contributed by atoms with Crippen molar-refractivity contribution in [3.63, 3.8) is 0 Å². The molecule has 3 N–H and O–H groups in total. The second kappa shape index (κ2) is 18.8. The molecule has 9 nitrogen and oxygen atoms in total. The molecule has 30 heavy (non-hydrogen) atoms. The number of carbonyl (C=O) groups excluding carboxylic acids is 2. The van der Waals surface area contributed by atoms with Gasteiger partial charge in [-0.3, -0.25) is 18.6 Å². The molecule has 0 fully saturated rings. The quantitative estimate of drug-likeness (QED) is 0.145. The van der Waals surface area contributed by atoms with E-state index in [-0.39, 0.29) is 32.1 Å². The monoisotopic (exact) mass is 453 g/mol. The third-order valence-corrected chi connectivity index (χ3v) is 5.27. The lowest BCUT2D eigenvalue weighted by Gasteiger charge is -2.15. The fraction of sp³-hybridized carbons (Fsp3) is 0.900. The van der Waals surface area contributed by atoms with Crippen molar-refractivity contribution in [1.82, 2.24) is 5.32 Å². The molecule has 0 saturated carbocycles. The lowest BCUT2D eigenvalue weighted by Crippen LogP contribution is -2.27. The van der Waals surface area contributed by atoms with Crippen molar-refractivity contribution in [1.29, 1.82) is 0 Å². The molecule has 0 radical (unpaired) electrons. The van der Waals surface area contributed by atoms with Crippen molar-refractivity contribution in [3.05, 3.63) is 0 Å². The Balaban J connectivity index is 3.77. The zero-order valence-electron chi connectivity index (χ0n) is 18.5. The number of carbonyl (C=O) groups is 2. The van der Waals surface area contributed by atoms with Crippen LogP contribution in [0.2, 0.25) is 0 Å². The minimum absolute atomic E-state index is 0.0832. The zero-order valence-corrected chi connectivity index (χ0v) is 19.4. The minimum atomic E-state index is -4.36. The Labute approximate surface area is 180 Å². The van der Waals surface area contributed by atoms with Crippen molar-refractivity contribution in [2.45, 2.75) is 90.6 Å². The van der Waals surface area contributed by atoms with E-state index in [4.69, 9.17) is 9.26 Å². The summed E-state index contributed by atoms with van der Waals surface area (Å²) in [6, 6.07) is 0. The van der Waals surface area contributed by atoms with Crippen LogP contribution in [0.1, 0.15) is 84.5 Å². The molecule has 1 amide bonds. The maximum Gasteiger partial charge on any atom is 0.472 e. The summed E-state index contributed by atoms with van der Waals surface area (Å²) in [5, 5.41) is 12.3. The van der Waals surface area contributed by atoms with Crippen LogP contribution in [0.4, 0.5) is 0 Å². The fourth-order valence-electron chi connectivity index (χ4n) is 2.55. The molecule has 0 aromatic rings. The van der Waals surface area contributed by atoms with Crippen molar-refractivity contribution in [3.8, 4) is 0 Å². The Morgan fingerprint density at radius 1 is 0.900 bits per heavy atom. The lowest BCUT2D eigenvalue weighted by molar-refractivity contribution is -0.147. The number of rotatable bonds is 20. The summed E-state index contributed by atoms with van der Waals surface area (Å²) >= 11 is 0. The van der Waals surface area contributed by atoms with Crippen LogP contribution in [0.3, 0.4) is 0 Å². The number of hydrogen-bond acceptors (Lipinski definition) is 7. The second-order valence-corrected chi connectivity index (χ2v) is 8.71. The van der Waals surface area contributed by atoms with Gasteiger partial charge in [0.2, 0.25) is 5.91 Å². The number of phosphoric ester groups is 1. The molecule has 2 unspecified atom stereocenters. The predicted molar refractivity (Wildman–Crippen MR) is 114 cm³/mol. The fourth-order valence-corrected chi connectivity index (χ4v) is 3.31. The summed E-state index contributed by atoms with van der Waals surface area (Å²) < 4.78 is 26.1. The number of ether oxygens (including phenoxy) is 1. The van der Waals surface area contributed by atoms with E-state index in [9.17, 15) is 24.2 Å². The highest BCUT2D eigenvalue weighted by molar-refractivity contribution is 7.47. The standard InChI is InChI=1S/C20H40NO8P/c1-3-5-7-9-10-12-19(23)21-14-15-28-30(25,26)29-17-18(22)16-27-20(24)13-11-8-6-4-2/h18,22H,3-17H2,1-2H3,(H,21,23)(H,25,26). The van der Waals surface area contributed by atoms with E-state index < -0.39 is 26.5 Å². The van der Waals surface area contributed by atoms with Crippen molar-refractivity contribution < 1.29 is 37.9 Å². The lowest BCUT2D eigenvalue weighted by atomic mass is 10.1. The summed E-state index contributed by atoms with van der Waals surface area (Å²) in [5.74, 6) is -0.551. The van der Waals surface area contributed by atoms with Gasteiger partial charge in [-0.15, -0.1) is 0 Å². The number of hydrogen-bond donors (Lipinski definition) is 3. The van der Waals surface area contributed by atoms with Gasteiger partial charge in [0.15, 0.2) is 0 Å². The third-order valence-electron chi connectivity index (χ3n) is 4.29. The molecule has 0 saturated heterocycles. The van der Waals surface area contributed by atoms with E-state index in [1.807, 2.05) is 0 Å². The maximum absolute atomic E-state index is 11.8. The molecule has 178 valence electrons. The van der Waals surface area contributed by atoms with Crippen molar-refractivity contribution in [2.24, 2.45) is 0 Å². The number of unbranched alkanes of at least 4 members (excludes halogenated alkanes) is 7. The number of esters is 1. The third kappa shape index (κ3) is 19.0. The molecule has 0 aromatic carbocycles. The van der Waals surface area contributed by atoms with Crippen LogP contribution in [0, 0.1) is 0 Å². The van der Waals surface area contributed by atoms with Gasteiger partial charge in [-0.1, -0.05) is 58.8 Å². The molecule has 0 aliphatic carbocycles. The van der Waals surface area contributed by atoms with E-state index in [2.05, 4.69) is 23.7 Å². The van der Waals surface area contributed by atoms with Gasteiger partial charge in [0.25, 0.3) is 0 Å². The summed E-state index contributed by atoms with van der Waals surface area (Å²) in [6.45, 7) is 3.26. The molecule has 10 heteroatoms. The van der Waals surface area contributed by atoms with Gasteiger partial charge in [0, 0.05) is 19.4 Å². The van der Waals surface area contributed by atoms with E-state index in [1.165, 1.54) is 0 Å². The van der Waals surface area contributed by atoms with E-state index in [0.29, 0.717) is 6.42 Å². The van der Waals surface area contributed by atoms with E-state index in [1.54, 1.807) is 0 Å². The Bertz CT molecular complexity index is 503. The number of aliphatic hydroxyl groups excluding tert-OH is 1. The first-order valence-electron chi connectivity index (χ1n) is 11.0. The first-order chi connectivity index (χ1) is 14.3. The van der Waals surface area contributed by atoms with Gasteiger partial charge >= 0.3 is 13.8 Å². The van der Waals surface area contributed by atoms with Gasteiger partial charge < -0.3 is 20.1 Å². The van der Waals surface area contributed by atoms with Crippen LogP contribution in [0.25, 0.3) is 0 Å². The van der Waals surface area contributed by atoms with Crippen LogP contribution in [0.5, 0.6) is 0 Å². The topological polar surface area (TPSA) is 131 Å². The SMILES string of the molecule is CCCCCCCC(=O)NCCOP(=O)(O)OCC(O)COC(=O)CCCCCC. The van der Waals surface area contributed by atoms with Gasteiger partial charge in [0.1, 0.15) is 12.7 Å². The van der Waals surface area contributed by atoms with Crippen LogP contribution in [0.15, 0.2) is 0 Å². The van der Waals surface area contributed by atoms with Crippen LogP contribution < -0.4 is 5.32 Å². The molecule has 0 aromatic heterocycles. The van der Waals surface area contributed by atoms with Gasteiger partial charge in [0.05, 0.1) is 13.2 Å². The molecule has 0 aliphatic heterocycles. The van der Waals surface area contributed by atoms with Gasteiger partial charge in [-0.25, -0.2) is 4.57 Å². The molecular weight excluding hydrogens is 413 g/mol. The highest BCUT2D eigenvalue weighted by Crippen LogP contribution is 2.42.